The fraction of sp³-hybridized carbons (Fsp3) is 0.932. The third-order valence-corrected chi connectivity index (χ3v) is 23.1. The summed E-state index contributed by atoms with van der Waals surface area (Å²) < 4.78 is 57.8. The standard InChI is InChI=1S/C59H94O29/c1-54(2)12-14-59(53(77)78)15-13-57(6)22(23(59)16-54)8-9-30-56(5)17-24(63)46(55(3,4)29(56)10-11-58(30,57)7)88-52-40(74)44(37(71)45(87-52)47(75)76)86-49-36(70)34(68)41(28(20-62)82-49)83-50-39(73)43(33(67)27(19-61)80-50)85-51-38(72)42(32(66)26(18-60)81-51)84-48-35(69)31(65)25(64)21-79-48/h8,23-46,48-52,60-74H,9-21H2,1-7H3,(H,75,76)(H,77,78). The number of ether oxygens (including phenoxy) is 10. The number of carboxylic acids is 2. The van der Waals surface area contributed by atoms with Crippen molar-refractivity contribution in [2.75, 3.05) is 26.4 Å². The van der Waals surface area contributed by atoms with E-state index in [0.717, 1.165) is 25.7 Å². The molecule has 10 rings (SSSR count). The van der Waals surface area contributed by atoms with Crippen LogP contribution in [0.2, 0.25) is 0 Å². The molecule has 0 bridgehead atoms. The van der Waals surface area contributed by atoms with E-state index >= 15 is 0 Å². The van der Waals surface area contributed by atoms with Crippen molar-refractivity contribution in [1.29, 1.82) is 0 Å². The SMILES string of the molecule is CC1(C)CCC2(C(=O)O)CCC3(C)C(=CCC4C5(C)CC(O)C(OC6OC(C(=O)O)C(O)C(OC7OC(CO)C(OC8OC(CO)C(O)C(OC9OC(CO)C(O)C(OC%10OCC(O)C(O)C%10O)C9O)C8O)C(O)C7O)C6O)C(C)(C)C5CCC43C)C2C1. The minimum atomic E-state index is -2.24. The second-order valence-electron chi connectivity index (χ2n) is 28.8. The van der Waals surface area contributed by atoms with Gasteiger partial charge in [-0.15, -0.1) is 0 Å². The number of aliphatic carboxylic acids is 2. The van der Waals surface area contributed by atoms with Gasteiger partial charge in [-0.2, -0.15) is 0 Å². The van der Waals surface area contributed by atoms with Crippen molar-refractivity contribution < 1.29 is 144 Å². The smallest absolute Gasteiger partial charge is 0.335 e. The summed E-state index contributed by atoms with van der Waals surface area (Å²) in [5.41, 5.74) is -1.57. The summed E-state index contributed by atoms with van der Waals surface area (Å²) in [4.78, 5) is 26.0. The maximum absolute atomic E-state index is 13.2. The van der Waals surface area contributed by atoms with Gasteiger partial charge in [-0.25, -0.2) is 4.79 Å². The van der Waals surface area contributed by atoms with Gasteiger partial charge in [0.2, 0.25) is 0 Å². The molecule has 0 radical (unpaired) electrons. The van der Waals surface area contributed by atoms with Crippen LogP contribution < -0.4 is 0 Å². The predicted octanol–water partition coefficient (Wildman–Crippen LogP) is -3.94. The van der Waals surface area contributed by atoms with Crippen LogP contribution in [0.25, 0.3) is 0 Å². The average molecular weight is 1270 g/mol. The van der Waals surface area contributed by atoms with Crippen molar-refractivity contribution >= 4 is 11.9 Å². The predicted molar refractivity (Wildman–Crippen MR) is 292 cm³/mol. The van der Waals surface area contributed by atoms with Crippen molar-refractivity contribution in [1.82, 2.24) is 0 Å². The van der Waals surface area contributed by atoms with Crippen molar-refractivity contribution in [2.45, 2.75) is 266 Å². The molecule has 5 saturated heterocycles. The van der Waals surface area contributed by atoms with Crippen LogP contribution in [0.15, 0.2) is 11.6 Å². The first-order valence-corrected chi connectivity index (χ1v) is 30.8. The Bertz CT molecular complexity index is 2500. The topological polar surface area (TPSA) is 470 Å². The molecule has 0 aromatic heterocycles. The minimum absolute atomic E-state index is 0.0223. The number of aliphatic hydroxyl groups is 15. The highest BCUT2D eigenvalue weighted by Crippen LogP contribution is 2.76. The van der Waals surface area contributed by atoms with E-state index in [4.69, 9.17) is 47.4 Å². The fourth-order valence-electron chi connectivity index (χ4n) is 18.0. The Morgan fingerprint density at radius 1 is 0.511 bits per heavy atom. The molecule has 0 spiro atoms. The van der Waals surface area contributed by atoms with Gasteiger partial charge in [0.15, 0.2) is 37.6 Å². The van der Waals surface area contributed by atoms with E-state index in [-0.39, 0.29) is 40.4 Å². The van der Waals surface area contributed by atoms with Crippen molar-refractivity contribution in [3.05, 3.63) is 11.6 Å². The Balaban J connectivity index is 0.823. The number of aliphatic hydroxyl groups excluding tert-OH is 15. The molecule has 0 amide bonds. The van der Waals surface area contributed by atoms with Crippen LogP contribution in [-0.2, 0) is 57.0 Å². The van der Waals surface area contributed by atoms with Gasteiger partial charge < -0.3 is 134 Å². The molecular weight excluding hydrogens is 1170 g/mol. The molecule has 5 aliphatic carbocycles. The molecule has 9 fully saturated rings. The Hall–Kier alpha value is -2.32. The first-order chi connectivity index (χ1) is 41.2. The zero-order valence-electron chi connectivity index (χ0n) is 50.5. The second-order valence-corrected chi connectivity index (χ2v) is 28.8. The summed E-state index contributed by atoms with van der Waals surface area (Å²) in [5.74, 6) is -2.60. The Kier molecular flexibility index (Phi) is 19.6. The lowest BCUT2D eigenvalue weighted by Gasteiger charge is -2.71. The van der Waals surface area contributed by atoms with E-state index in [1.807, 2.05) is 13.8 Å². The maximum atomic E-state index is 13.2. The Morgan fingerprint density at radius 2 is 1.01 bits per heavy atom. The van der Waals surface area contributed by atoms with Gasteiger partial charge in [0.25, 0.3) is 0 Å². The third kappa shape index (κ3) is 11.3. The summed E-state index contributed by atoms with van der Waals surface area (Å²) in [7, 11) is 0. The molecule has 504 valence electrons. The number of rotatable bonds is 15. The van der Waals surface area contributed by atoms with Crippen LogP contribution >= 0.6 is 0 Å². The van der Waals surface area contributed by atoms with Crippen LogP contribution in [0.3, 0.4) is 0 Å². The van der Waals surface area contributed by atoms with Crippen LogP contribution in [0.1, 0.15) is 106 Å². The largest absolute Gasteiger partial charge is 0.481 e. The van der Waals surface area contributed by atoms with E-state index < -0.39 is 214 Å². The van der Waals surface area contributed by atoms with E-state index in [9.17, 15) is 96.4 Å². The molecule has 17 N–H and O–H groups in total. The molecule has 0 aromatic carbocycles. The first-order valence-electron chi connectivity index (χ1n) is 30.8. The molecule has 5 heterocycles. The van der Waals surface area contributed by atoms with Gasteiger partial charge in [-0.05, 0) is 103 Å². The molecule has 29 nitrogen and oxygen atoms in total. The molecule has 4 saturated carbocycles. The number of allylic oxidation sites excluding steroid dienone is 2. The Labute approximate surface area is 508 Å². The zero-order chi connectivity index (χ0) is 64.4. The molecule has 0 aromatic rings. The van der Waals surface area contributed by atoms with E-state index in [1.54, 1.807) is 0 Å². The quantitative estimate of drug-likeness (QED) is 0.0550. The molecule has 29 heteroatoms. The lowest BCUT2D eigenvalue weighted by atomic mass is 9.33. The number of hydrogen-bond acceptors (Lipinski definition) is 27. The van der Waals surface area contributed by atoms with Gasteiger partial charge in [0.05, 0.1) is 44.1 Å². The number of fused-ring (bicyclic) bond motifs is 7. The number of carbonyl (C=O) groups is 2. The fourth-order valence-corrected chi connectivity index (χ4v) is 18.0. The number of hydrogen-bond donors (Lipinski definition) is 17. The second kappa shape index (κ2) is 25.1. The molecule has 33 atom stereocenters. The van der Waals surface area contributed by atoms with Crippen LogP contribution in [-0.4, -0.2) is 285 Å². The van der Waals surface area contributed by atoms with Gasteiger partial charge in [-0.3, -0.25) is 4.79 Å². The van der Waals surface area contributed by atoms with E-state index in [0.29, 0.717) is 25.7 Å². The van der Waals surface area contributed by atoms with Gasteiger partial charge in [0, 0.05) is 0 Å². The van der Waals surface area contributed by atoms with E-state index in [1.165, 1.54) is 5.57 Å². The van der Waals surface area contributed by atoms with Crippen molar-refractivity contribution in [3.8, 4) is 0 Å². The van der Waals surface area contributed by atoms with Crippen molar-refractivity contribution in [3.63, 3.8) is 0 Å². The minimum Gasteiger partial charge on any atom is -0.481 e. The highest BCUT2D eigenvalue weighted by molar-refractivity contribution is 5.76. The Morgan fingerprint density at radius 3 is 1.57 bits per heavy atom. The third-order valence-electron chi connectivity index (χ3n) is 23.1. The molecule has 33 unspecified atom stereocenters. The van der Waals surface area contributed by atoms with E-state index in [2.05, 4.69) is 40.7 Å². The normalized spacial score (nSPS) is 53.5. The molecule has 10 aliphatic rings. The van der Waals surface area contributed by atoms with Crippen LogP contribution in [0.5, 0.6) is 0 Å². The molecule has 5 aliphatic heterocycles. The summed E-state index contributed by atoms with van der Waals surface area (Å²) in [6.45, 7) is 11.7. The van der Waals surface area contributed by atoms with Gasteiger partial charge >= 0.3 is 11.9 Å². The zero-order valence-corrected chi connectivity index (χ0v) is 50.5. The first kappa shape index (κ1) is 68.5. The highest BCUT2D eigenvalue weighted by atomic mass is 16.8. The van der Waals surface area contributed by atoms with Crippen molar-refractivity contribution in [2.24, 2.45) is 50.2 Å². The summed E-state index contributed by atoms with van der Waals surface area (Å²) >= 11 is 0. The summed E-state index contributed by atoms with van der Waals surface area (Å²) in [5, 5.41) is 187. The van der Waals surface area contributed by atoms with Gasteiger partial charge in [0.1, 0.15) is 110 Å². The summed E-state index contributed by atoms with van der Waals surface area (Å²) in [6.07, 6.45) is -40.9. The van der Waals surface area contributed by atoms with Crippen LogP contribution in [0, 0.1) is 50.2 Å². The molecular formula is C59H94O29. The average Bonchev–Trinajstić information content (AvgIpc) is 0.680. The highest BCUT2D eigenvalue weighted by Gasteiger charge is 2.71. The lowest BCUT2D eigenvalue weighted by Crippen LogP contribution is -2.69. The maximum Gasteiger partial charge on any atom is 0.335 e. The van der Waals surface area contributed by atoms with Gasteiger partial charge in [-0.1, -0.05) is 60.1 Å². The monoisotopic (exact) mass is 1270 g/mol. The molecule has 88 heavy (non-hydrogen) atoms. The number of carboxylic acid groups (broad SMARTS) is 2. The van der Waals surface area contributed by atoms with Crippen LogP contribution in [0.4, 0.5) is 0 Å². The lowest BCUT2D eigenvalue weighted by molar-refractivity contribution is -0.394. The summed E-state index contributed by atoms with van der Waals surface area (Å²) in [6, 6.07) is 0.